The molecule has 2 fully saturated rings. The van der Waals surface area contributed by atoms with Crippen LogP contribution in [0.15, 0.2) is 12.3 Å². The zero-order valence-electron chi connectivity index (χ0n) is 15.1. The predicted octanol–water partition coefficient (Wildman–Crippen LogP) is 4.05. The molecule has 13 heteroatoms. The molecule has 4 rings (SSSR count). The molecule has 7 nitrogen and oxygen atoms in total. The maximum absolute atomic E-state index is 14.1. The Labute approximate surface area is 176 Å². The van der Waals surface area contributed by atoms with Gasteiger partial charge in [-0.15, -0.1) is 0 Å². The molecule has 2 aliphatic rings. The quantitative estimate of drug-likeness (QED) is 0.334. The van der Waals surface area contributed by atoms with Gasteiger partial charge in [-0.2, -0.15) is 20.1 Å². The first-order valence-electron chi connectivity index (χ1n) is 8.88. The van der Waals surface area contributed by atoms with Crippen molar-refractivity contribution in [2.75, 3.05) is 10.6 Å². The minimum atomic E-state index is -2.73. The van der Waals surface area contributed by atoms with Crippen LogP contribution in [0.2, 0.25) is 0 Å². The highest BCUT2D eigenvalue weighted by Gasteiger charge is 2.46. The lowest BCUT2D eigenvalue weighted by atomic mass is 9.88. The third-order valence-electron chi connectivity index (χ3n) is 4.71. The van der Waals surface area contributed by atoms with E-state index in [4.69, 9.17) is 0 Å². The lowest BCUT2D eigenvalue weighted by Crippen LogP contribution is -2.45. The Balaban J connectivity index is 1.58. The summed E-state index contributed by atoms with van der Waals surface area (Å²) in [5.41, 5.74) is 0.139. The van der Waals surface area contributed by atoms with Crippen molar-refractivity contribution >= 4 is 34.5 Å². The highest BCUT2D eigenvalue weighted by atomic mass is 127. The molecule has 29 heavy (non-hydrogen) atoms. The van der Waals surface area contributed by atoms with Gasteiger partial charge in [-0.25, -0.2) is 26.6 Å². The number of rotatable bonds is 6. The molecule has 0 spiro atoms. The maximum atomic E-state index is 14.1. The van der Waals surface area contributed by atoms with Gasteiger partial charge in [-0.05, 0) is 35.6 Å². The van der Waals surface area contributed by atoms with Gasteiger partial charge in [0, 0.05) is 44.0 Å². The van der Waals surface area contributed by atoms with Gasteiger partial charge in [-0.3, -0.25) is 0 Å². The van der Waals surface area contributed by atoms with Crippen LogP contribution in [0.25, 0.3) is 5.95 Å². The standard InChI is InChI=1S/C16H17F5IN7/c1-14(17,22)10-2-3-29(28-10)13-26-11(23-8-4-15(18,19)5-8)25-12(27-13)24-9-6-16(20,21)7-9/h2-3,8-9H,4-7H2,1H3,(H2,23,24,25,26,27). The summed E-state index contributed by atoms with van der Waals surface area (Å²) in [4.78, 5) is 12.4. The molecule has 2 N–H and O–H groups in total. The lowest BCUT2D eigenvalue weighted by Gasteiger charge is -2.36. The minimum Gasteiger partial charge on any atom is -0.351 e. The van der Waals surface area contributed by atoms with Crippen LogP contribution in [0.4, 0.5) is 33.8 Å². The minimum absolute atomic E-state index is 0.00840. The molecule has 0 aliphatic heterocycles. The van der Waals surface area contributed by atoms with Crippen LogP contribution in [0, 0.1) is 0 Å². The van der Waals surface area contributed by atoms with Crippen LogP contribution in [-0.4, -0.2) is 48.7 Å². The second-order valence-corrected chi connectivity index (χ2v) is 9.55. The molecular formula is C16H17F5IN7. The molecule has 2 aliphatic carbocycles. The Morgan fingerprint density at radius 3 is 1.86 bits per heavy atom. The van der Waals surface area contributed by atoms with E-state index in [-0.39, 0.29) is 49.2 Å². The van der Waals surface area contributed by atoms with Gasteiger partial charge in [0.25, 0.3) is 17.8 Å². The number of hydrogen-bond donors (Lipinski definition) is 2. The molecule has 2 aromatic rings. The SMILES string of the molecule is CC(F)(I)c1ccn(-c2nc(NC3CC(F)(F)C3)nc(NC3CC(F)(F)C3)n2)n1. The van der Waals surface area contributed by atoms with Crippen molar-refractivity contribution in [1.29, 1.82) is 0 Å². The molecule has 0 bridgehead atoms. The Morgan fingerprint density at radius 1 is 1.00 bits per heavy atom. The van der Waals surface area contributed by atoms with E-state index in [1.165, 1.54) is 23.9 Å². The van der Waals surface area contributed by atoms with Crippen LogP contribution in [-0.2, 0) is 3.68 Å². The summed E-state index contributed by atoms with van der Waals surface area (Å²) < 4.78 is 66.0. The van der Waals surface area contributed by atoms with E-state index in [1.807, 2.05) is 0 Å². The summed E-state index contributed by atoms with van der Waals surface area (Å²) in [6.45, 7) is 1.33. The largest absolute Gasteiger partial charge is 0.351 e. The van der Waals surface area contributed by atoms with Crippen molar-refractivity contribution < 1.29 is 22.0 Å². The normalized spacial score (nSPS) is 23.0. The first-order chi connectivity index (χ1) is 13.4. The van der Waals surface area contributed by atoms with Gasteiger partial charge >= 0.3 is 0 Å². The zero-order chi connectivity index (χ0) is 21.0. The molecule has 2 aromatic heterocycles. The van der Waals surface area contributed by atoms with E-state index in [0.29, 0.717) is 0 Å². The Hall–Kier alpha value is -1.80. The second kappa shape index (κ2) is 6.87. The van der Waals surface area contributed by atoms with Crippen LogP contribution in [0.3, 0.4) is 0 Å². The van der Waals surface area contributed by atoms with Crippen molar-refractivity contribution in [3.8, 4) is 5.95 Å². The highest BCUT2D eigenvalue weighted by Crippen LogP contribution is 2.40. The van der Waals surface area contributed by atoms with Crippen LogP contribution in [0.5, 0.6) is 0 Å². The van der Waals surface area contributed by atoms with Crippen molar-refractivity contribution in [2.24, 2.45) is 0 Å². The van der Waals surface area contributed by atoms with Crippen molar-refractivity contribution in [1.82, 2.24) is 24.7 Å². The number of aromatic nitrogens is 5. The van der Waals surface area contributed by atoms with Gasteiger partial charge in [-0.1, -0.05) is 0 Å². The van der Waals surface area contributed by atoms with Crippen LogP contribution in [0.1, 0.15) is 38.3 Å². The van der Waals surface area contributed by atoms with Crippen LogP contribution >= 0.6 is 22.6 Å². The zero-order valence-corrected chi connectivity index (χ0v) is 17.3. The van der Waals surface area contributed by atoms with E-state index >= 15 is 0 Å². The summed E-state index contributed by atoms with van der Waals surface area (Å²) in [5, 5.41) is 9.69. The first kappa shape index (κ1) is 20.5. The average Bonchev–Trinajstić information content (AvgIpc) is 3.01. The molecule has 0 aromatic carbocycles. The summed E-state index contributed by atoms with van der Waals surface area (Å²) in [5.74, 6) is -5.42. The van der Waals surface area contributed by atoms with Gasteiger partial charge in [0.15, 0.2) is 0 Å². The summed E-state index contributed by atoms with van der Waals surface area (Å²) in [6.07, 6.45) is 0.0298. The summed E-state index contributed by atoms with van der Waals surface area (Å²) in [7, 11) is 0. The van der Waals surface area contributed by atoms with Crippen molar-refractivity contribution in [3.63, 3.8) is 0 Å². The molecule has 2 saturated carbocycles. The smallest absolute Gasteiger partial charge is 0.257 e. The Bertz CT molecular complexity index is 853. The molecule has 2 heterocycles. The van der Waals surface area contributed by atoms with Crippen molar-refractivity contribution in [2.45, 2.75) is 60.2 Å². The number of nitrogens with zero attached hydrogens (tertiary/aromatic N) is 5. The number of nitrogens with one attached hydrogen (secondary N) is 2. The number of halogens is 6. The van der Waals surface area contributed by atoms with Gasteiger partial charge in [0.05, 0.1) is 0 Å². The molecule has 1 unspecified atom stereocenters. The van der Waals surface area contributed by atoms with E-state index < -0.39 is 27.6 Å². The number of hydrogen-bond acceptors (Lipinski definition) is 6. The Kier molecular flexibility index (Phi) is 4.85. The summed E-state index contributed by atoms with van der Waals surface area (Å²) >= 11 is 1.59. The summed E-state index contributed by atoms with van der Waals surface area (Å²) in [6, 6.07) is 0.422. The fraction of sp³-hybridized carbons (Fsp3) is 0.625. The van der Waals surface area contributed by atoms with E-state index in [9.17, 15) is 22.0 Å². The average molecular weight is 529 g/mol. The molecular weight excluding hydrogens is 512 g/mol. The van der Waals surface area contributed by atoms with E-state index in [1.54, 1.807) is 22.6 Å². The fourth-order valence-electron chi connectivity index (χ4n) is 3.16. The Morgan fingerprint density at radius 2 is 1.48 bits per heavy atom. The third kappa shape index (κ3) is 4.69. The van der Waals surface area contributed by atoms with Gasteiger partial charge in [0.1, 0.15) is 5.69 Å². The monoisotopic (exact) mass is 529 g/mol. The lowest BCUT2D eigenvalue weighted by molar-refractivity contribution is -0.0799. The highest BCUT2D eigenvalue weighted by molar-refractivity contribution is 14.1. The molecule has 1 atom stereocenters. The molecule has 0 radical (unpaired) electrons. The number of alkyl halides is 6. The number of anilines is 2. The predicted molar refractivity (Wildman–Crippen MR) is 103 cm³/mol. The van der Waals surface area contributed by atoms with E-state index in [2.05, 4.69) is 30.7 Å². The first-order valence-corrected chi connectivity index (χ1v) is 9.96. The molecule has 0 amide bonds. The van der Waals surface area contributed by atoms with Gasteiger partial charge in [0.2, 0.25) is 15.6 Å². The van der Waals surface area contributed by atoms with Crippen LogP contribution < -0.4 is 10.6 Å². The van der Waals surface area contributed by atoms with Gasteiger partial charge < -0.3 is 10.6 Å². The topological polar surface area (TPSA) is 80.5 Å². The third-order valence-corrected chi connectivity index (χ3v) is 5.27. The second-order valence-electron chi connectivity index (χ2n) is 7.53. The molecule has 0 saturated heterocycles. The van der Waals surface area contributed by atoms with Crippen molar-refractivity contribution in [3.05, 3.63) is 18.0 Å². The fourth-order valence-corrected chi connectivity index (χ4v) is 3.45. The maximum Gasteiger partial charge on any atom is 0.257 e. The molecule has 158 valence electrons. The van der Waals surface area contributed by atoms with E-state index in [0.717, 1.165) is 0 Å².